The number of pyridine rings is 1. The molecule has 0 amide bonds. The Bertz CT molecular complexity index is 1600. The lowest BCUT2D eigenvalue weighted by molar-refractivity contribution is -0.136. The van der Waals surface area contributed by atoms with Gasteiger partial charge in [-0.3, -0.25) is 13.9 Å². The average molecular weight is 569 g/mol. The largest absolute Gasteiger partial charge is 0.418 e. The number of hydrogen-bond acceptors (Lipinski definition) is 5. The zero-order valence-electron chi connectivity index (χ0n) is 23.3. The third-order valence-corrected chi connectivity index (χ3v) is 8.81. The van der Waals surface area contributed by atoms with Gasteiger partial charge < -0.3 is 9.67 Å². The van der Waals surface area contributed by atoms with Gasteiger partial charge in [0.1, 0.15) is 12.2 Å². The van der Waals surface area contributed by atoms with E-state index < -0.39 is 17.4 Å². The average Bonchev–Trinajstić information content (AvgIpc) is 3.47. The van der Waals surface area contributed by atoms with Crippen molar-refractivity contribution in [2.24, 2.45) is 24.8 Å². The van der Waals surface area contributed by atoms with Crippen LogP contribution in [0.3, 0.4) is 0 Å². The van der Waals surface area contributed by atoms with Crippen LogP contribution in [0.4, 0.5) is 13.2 Å². The minimum Gasteiger partial charge on any atom is -0.396 e. The number of rotatable bonds is 7. The van der Waals surface area contributed by atoms with Gasteiger partial charge in [-0.05, 0) is 79.3 Å². The summed E-state index contributed by atoms with van der Waals surface area (Å²) in [6, 6.07) is 8.55. The molecular weight excluding hydrogens is 533 g/mol. The molecule has 1 N–H and O–H groups in total. The molecule has 1 aliphatic carbocycles. The first-order chi connectivity index (χ1) is 19.6. The molecule has 0 unspecified atom stereocenters. The van der Waals surface area contributed by atoms with Crippen LogP contribution in [-0.2, 0) is 19.8 Å². The van der Waals surface area contributed by atoms with E-state index in [1.165, 1.54) is 16.8 Å². The number of fused-ring (bicyclic) bond motifs is 1. The molecule has 41 heavy (non-hydrogen) atoms. The lowest BCUT2D eigenvalue weighted by Gasteiger charge is -2.39. The molecule has 4 aromatic rings. The number of aliphatic hydroxyl groups is 1. The second-order valence-electron chi connectivity index (χ2n) is 11.9. The molecule has 11 heteroatoms. The highest BCUT2D eigenvalue weighted by molar-refractivity contribution is 5.58. The number of aliphatic hydroxyl groups excluding tert-OH is 1. The van der Waals surface area contributed by atoms with E-state index in [2.05, 4.69) is 22.0 Å². The number of benzene rings is 1. The second-order valence-corrected chi connectivity index (χ2v) is 11.9. The summed E-state index contributed by atoms with van der Waals surface area (Å²) in [5.74, 6) is 1.61. The summed E-state index contributed by atoms with van der Waals surface area (Å²) in [6.07, 6.45) is 3.67. The van der Waals surface area contributed by atoms with Crippen molar-refractivity contribution >= 4 is 5.52 Å². The van der Waals surface area contributed by atoms with E-state index in [9.17, 15) is 23.1 Å². The van der Waals surface area contributed by atoms with Gasteiger partial charge in [0.15, 0.2) is 0 Å². The number of nitrogens with zero attached hydrogens (tertiary/aromatic N) is 6. The monoisotopic (exact) mass is 568 g/mol. The number of aryl methyl sites for hydroxylation is 1. The van der Waals surface area contributed by atoms with Gasteiger partial charge in [-0.25, -0.2) is 4.79 Å². The molecule has 0 spiro atoms. The highest BCUT2D eigenvalue weighted by Crippen LogP contribution is 2.46. The molecule has 2 aliphatic rings. The normalized spacial score (nSPS) is 22.6. The Morgan fingerprint density at radius 3 is 2.66 bits per heavy atom. The van der Waals surface area contributed by atoms with Crippen LogP contribution in [0.5, 0.6) is 0 Å². The van der Waals surface area contributed by atoms with Crippen LogP contribution < -0.4 is 5.69 Å². The minimum absolute atomic E-state index is 0.123. The number of halogens is 3. The highest BCUT2D eigenvalue weighted by atomic mass is 19.4. The summed E-state index contributed by atoms with van der Waals surface area (Å²) < 4.78 is 47.1. The first-order valence-corrected chi connectivity index (χ1v) is 14.2. The third kappa shape index (κ3) is 5.32. The SMILES string of the molecule is C[C@H]1CCCN(Cc2cc(C(F)(F)F)c3cn(-c4cccc([C@H](c5nncn5C)[C@H]5C[C@H](CO)C5)c4)c(=O)n3c2)C1. The van der Waals surface area contributed by atoms with E-state index in [0.29, 0.717) is 23.7 Å². The molecule has 8 nitrogen and oxygen atoms in total. The van der Waals surface area contributed by atoms with Crippen LogP contribution in [0, 0.1) is 17.8 Å². The van der Waals surface area contributed by atoms with Gasteiger partial charge in [0.25, 0.3) is 0 Å². The van der Waals surface area contributed by atoms with Crippen molar-refractivity contribution in [1.82, 2.24) is 28.6 Å². The van der Waals surface area contributed by atoms with E-state index in [0.717, 1.165) is 54.6 Å². The van der Waals surface area contributed by atoms with Crippen molar-refractivity contribution in [1.29, 1.82) is 0 Å². The van der Waals surface area contributed by atoms with Gasteiger partial charge in [0.05, 0.1) is 16.8 Å². The van der Waals surface area contributed by atoms with E-state index in [1.54, 1.807) is 18.6 Å². The third-order valence-electron chi connectivity index (χ3n) is 8.81. The number of likely N-dealkylation sites (tertiary alicyclic amines) is 1. The summed E-state index contributed by atoms with van der Waals surface area (Å²) in [4.78, 5) is 15.8. The smallest absolute Gasteiger partial charge is 0.396 e. The summed E-state index contributed by atoms with van der Waals surface area (Å²) in [5.41, 5.74) is 0.333. The van der Waals surface area contributed by atoms with E-state index in [4.69, 9.17) is 0 Å². The summed E-state index contributed by atoms with van der Waals surface area (Å²) >= 11 is 0. The van der Waals surface area contributed by atoms with Gasteiger partial charge in [-0.1, -0.05) is 19.1 Å². The zero-order chi connectivity index (χ0) is 28.9. The Balaban J connectivity index is 1.41. The fourth-order valence-electron chi connectivity index (χ4n) is 6.71. The van der Waals surface area contributed by atoms with Crippen LogP contribution in [0.2, 0.25) is 0 Å². The molecule has 218 valence electrons. The summed E-state index contributed by atoms with van der Waals surface area (Å²) in [6.45, 7) is 4.31. The van der Waals surface area contributed by atoms with Gasteiger partial charge in [-0.15, -0.1) is 10.2 Å². The quantitative estimate of drug-likeness (QED) is 0.352. The van der Waals surface area contributed by atoms with Crippen molar-refractivity contribution in [3.63, 3.8) is 0 Å². The molecule has 0 radical (unpaired) electrons. The first kappa shape index (κ1) is 27.7. The highest BCUT2D eigenvalue weighted by Gasteiger charge is 2.39. The zero-order valence-corrected chi connectivity index (χ0v) is 23.3. The van der Waals surface area contributed by atoms with Gasteiger partial charge in [0, 0.05) is 45.1 Å². The molecule has 6 rings (SSSR count). The Hall–Kier alpha value is -3.44. The van der Waals surface area contributed by atoms with Gasteiger partial charge in [0.2, 0.25) is 0 Å². The van der Waals surface area contributed by atoms with Crippen molar-refractivity contribution < 1.29 is 18.3 Å². The molecule has 4 heterocycles. The maximum Gasteiger partial charge on any atom is 0.418 e. The van der Waals surface area contributed by atoms with Crippen molar-refractivity contribution in [3.05, 3.63) is 82.1 Å². The molecule has 1 saturated heterocycles. The molecule has 1 saturated carbocycles. The van der Waals surface area contributed by atoms with E-state index >= 15 is 0 Å². The summed E-state index contributed by atoms with van der Waals surface area (Å²) in [5, 5.41) is 18.0. The van der Waals surface area contributed by atoms with Crippen molar-refractivity contribution in [2.45, 2.75) is 51.2 Å². The number of aromatic nitrogens is 5. The predicted octanol–water partition coefficient (Wildman–Crippen LogP) is 4.62. The molecule has 2 fully saturated rings. The fourth-order valence-corrected chi connectivity index (χ4v) is 6.71. The van der Waals surface area contributed by atoms with Crippen molar-refractivity contribution in [2.75, 3.05) is 19.7 Å². The maximum atomic E-state index is 14.3. The van der Waals surface area contributed by atoms with E-state index in [-0.39, 0.29) is 29.9 Å². The molecule has 2 atom stereocenters. The standard InChI is InChI=1S/C30H35F3N6O2/c1-19-5-4-8-37(13-19)14-21-11-25(30(31,32)33)26-16-38(29(41)39(26)15-21)24-7-3-6-22(12-24)27(23-9-20(10-23)17-40)28-35-34-18-36(28)2/h3,6-7,11-12,15-16,18-20,23,27,40H,4-5,8-10,13-14,17H2,1-2H3/t19-,20-,23-,27-/m0/s1. The van der Waals surface area contributed by atoms with Crippen LogP contribution in [0.1, 0.15) is 61.0 Å². The lowest BCUT2D eigenvalue weighted by Crippen LogP contribution is -2.34. The molecule has 1 aromatic carbocycles. The Labute approximate surface area is 236 Å². The minimum atomic E-state index is -4.61. The summed E-state index contributed by atoms with van der Waals surface area (Å²) in [7, 11) is 1.88. The predicted molar refractivity (Wildman–Crippen MR) is 148 cm³/mol. The number of piperidine rings is 1. The molecule has 0 bridgehead atoms. The molecule has 1 aliphatic heterocycles. The topological polar surface area (TPSA) is 80.6 Å². The maximum absolute atomic E-state index is 14.3. The first-order valence-electron chi connectivity index (χ1n) is 14.2. The Morgan fingerprint density at radius 2 is 1.98 bits per heavy atom. The number of hydrogen-bond donors (Lipinski definition) is 1. The van der Waals surface area contributed by atoms with Crippen LogP contribution in [0.15, 0.2) is 53.8 Å². The van der Waals surface area contributed by atoms with Crippen LogP contribution in [0.25, 0.3) is 11.2 Å². The van der Waals surface area contributed by atoms with Crippen LogP contribution in [-0.4, -0.2) is 53.4 Å². The van der Waals surface area contributed by atoms with E-state index in [1.807, 2.05) is 29.8 Å². The number of imidazole rings is 1. The van der Waals surface area contributed by atoms with Crippen molar-refractivity contribution in [3.8, 4) is 5.69 Å². The lowest BCUT2D eigenvalue weighted by atomic mass is 9.66. The Kier molecular flexibility index (Phi) is 7.27. The Morgan fingerprint density at radius 1 is 1.17 bits per heavy atom. The van der Waals surface area contributed by atoms with Gasteiger partial charge >= 0.3 is 11.9 Å². The number of alkyl halides is 3. The van der Waals surface area contributed by atoms with Gasteiger partial charge in [-0.2, -0.15) is 13.2 Å². The fraction of sp³-hybridized carbons (Fsp3) is 0.500. The second kappa shape index (κ2) is 10.8. The molecular formula is C30H35F3N6O2. The molecule has 3 aromatic heterocycles. The van der Waals surface area contributed by atoms with Crippen LogP contribution >= 0.6 is 0 Å².